The van der Waals surface area contributed by atoms with E-state index in [-0.39, 0.29) is 0 Å². The molecule has 1 aliphatic rings. The highest BCUT2D eigenvalue weighted by molar-refractivity contribution is 5.39. The Hall–Kier alpha value is -0.820. The second kappa shape index (κ2) is 6.96. The lowest BCUT2D eigenvalue weighted by Crippen LogP contribution is -2.35. The van der Waals surface area contributed by atoms with Gasteiger partial charge in [-0.05, 0) is 80.2 Å². The van der Waals surface area contributed by atoms with E-state index in [0.29, 0.717) is 6.04 Å². The van der Waals surface area contributed by atoms with E-state index in [9.17, 15) is 0 Å². The third-order valence-corrected chi connectivity index (χ3v) is 5.33. The average Bonchev–Trinajstić information content (AvgIpc) is 2.41. The molecule has 2 rings (SSSR count). The maximum absolute atomic E-state index is 3.68. The van der Waals surface area contributed by atoms with Gasteiger partial charge in [0.15, 0.2) is 0 Å². The second-order valence-corrected chi connectivity index (χ2v) is 7.64. The summed E-state index contributed by atoms with van der Waals surface area (Å²) in [7, 11) is 0. The highest BCUT2D eigenvalue weighted by Gasteiger charge is 2.30. The molecule has 3 unspecified atom stereocenters. The molecule has 1 nitrogen and oxygen atoms in total. The molecule has 1 saturated carbocycles. The van der Waals surface area contributed by atoms with Gasteiger partial charge >= 0.3 is 0 Å². The molecule has 0 aliphatic heterocycles. The van der Waals surface area contributed by atoms with Gasteiger partial charge in [0.2, 0.25) is 0 Å². The number of nitrogens with one attached hydrogen (secondary N) is 1. The van der Waals surface area contributed by atoms with Crippen LogP contribution in [0.5, 0.6) is 0 Å². The topological polar surface area (TPSA) is 12.0 Å². The number of benzene rings is 1. The Morgan fingerprint density at radius 3 is 2.38 bits per heavy atom. The van der Waals surface area contributed by atoms with Gasteiger partial charge in [-0.15, -0.1) is 0 Å². The number of aryl methyl sites for hydroxylation is 3. The maximum atomic E-state index is 3.68. The van der Waals surface area contributed by atoms with E-state index in [1.54, 1.807) is 5.56 Å². The van der Waals surface area contributed by atoms with E-state index in [0.717, 1.165) is 17.8 Å². The molecule has 0 spiro atoms. The monoisotopic (exact) mass is 287 g/mol. The predicted octanol–water partition coefficient (Wildman–Crippen LogP) is 5.13. The van der Waals surface area contributed by atoms with E-state index in [1.807, 2.05) is 0 Å². The predicted molar refractivity (Wildman–Crippen MR) is 93.0 cm³/mol. The van der Waals surface area contributed by atoms with Crippen molar-refractivity contribution in [2.45, 2.75) is 72.8 Å². The first-order valence-corrected chi connectivity index (χ1v) is 8.69. The summed E-state index contributed by atoms with van der Waals surface area (Å²) in [5, 5.41) is 3.68. The van der Waals surface area contributed by atoms with Crippen LogP contribution >= 0.6 is 0 Å². The Balaban J connectivity index is 2.25. The summed E-state index contributed by atoms with van der Waals surface area (Å²) >= 11 is 0. The first kappa shape index (κ1) is 16.5. The van der Waals surface area contributed by atoms with Crippen LogP contribution in [0.15, 0.2) is 12.1 Å². The standard InChI is InChI=1S/C20H33N/c1-13(2)21-12-18-8-7-14(3)9-20(18)19-11-16(5)15(4)10-17(19)6/h10-11,13-14,18,20-21H,7-9,12H2,1-6H3. The average molecular weight is 287 g/mol. The molecule has 3 atom stereocenters. The summed E-state index contributed by atoms with van der Waals surface area (Å²) in [6.07, 6.45) is 4.12. The molecule has 1 aliphatic carbocycles. The second-order valence-electron chi connectivity index (χ2n) is 7.64. The molecule has 1 aromatic carbocycles. The van der Waals surface area contributed by atoms with Crippen molar-refractivity contribution in [2.75, 3.05) is 6.54 Å². The van der Waals surface area contributed by atoms with E-state index in [4.69, 9.17) is 0 Å². The van der Waals surface area contributed by atoms with Gasteiger partial charge in [0.1, 0.15) is 0 Å². The lowest BCUT2D eigenvalue weighted by Gasteiger charge is -2.37. The van der Waals surface area contributed by atoms with Crippen molar-refractivity contribution in [3.05, 3.63) is 34.4 Å². The Morgan fingerprint density at radius 2 is 1.71 bits per heavy atom. The fourth-order valence-electron chi connectivity index (χ4n) is 3.84. The van der Waals surface area contributed by atoms with Crippen molar-refractivity contribution >= 4 is 0 Å². The maximum Gasteiger partial charge on any atom is 0.00104 e. The zero-order valence-corrected chi connectivity index (χ0v) is 14.8. The number of hydrogen-bond donors (Lipinski definition) is 1. The Bertz CT molecular complexity index is 475. The highest BCUT2D eigenvalue weighted by atomic mass is 14.9. The highest BCUT2D eigenvalue weighted by Crippen LogP contribution is 2.41. The van der Waals surface area contributed by atoms with Gasteiger partial charge < -0.3 is 5.32 Å². The molecular formula is C20H33N. The molecule has 21 heavy (non-hydrogen) atoms. The van der Waals surface area contributed by atoms with Gasteiger partial charge in [0, 0.05) is 6.04 Å². The minimum absolute atomic E-state index is 0.589. The summed E-state index contributed by atoms with van der Waals surface area (Å²) in [5.41, 5.74) is 5.98. The fourth-order valence-corrected chi connectivity index (χ4v) is 3.84. The molecule has 118 valence electrons. The first-order valence-electron chi connectivity index (χ1n) is 8.69. The molecule has 0 bridgehead atoms. The Kier molecular flexibility index (Phi) is 5.48. The summed E-state index contributed by atoms with van der Waals surface area (Å²) in [5.74, 6) is 2.40. The lowest BCUT2D eigenvalue weighted by molar-refractivity contribution is 0.237. The van der Waals surface area contributed by atoms with Crippen LogP contribution in [0.25, 0.3) is 0 Å². The Labute approximate surface area is 131 Å². The summed E-state index contributed by atoms with van der Waals surface area (Å²) in [4.78, 5) is 0. The molecule has 0 radical (unpaired) electrons. The van der Waals surface area contributed by atoms with Gasteiger partial charge in [-0.3, -0.25) is 0 Å². The summed E-state index contributed by atoms with van der Waals surface area (Å²) in [6.45, 7) is 14.9. The van der Waals surface area contributed by atoms with E-state index < -0.39 is 0 Å². The van der Waals surface area contributed by atoms with E-state index in [2.05, 4.69) is 59.0 Å². The van der Waals surface area contributed by atoms with Gasteiger partial charge in [0.25, 0.3) is 0 Å². The van der Waals surface area contributed by atoms with Crippen LogP contribution in [0.3, 0.4) is 0 Å². The third-order valence-electron chi connectivity index (χ3n) is 5.33. The van der Waals surface area contributed by atoms with Crippen LogP contribution in [-0.4, -0.2) is 12.6 Å². The zero-order valence-electron chi connectivity index (χ0n) is 14.8. The van der Waals surface area contributed by atoms with Crippen molar-refractivity contribution < 1.29 is 0 Å². The lowest BCUT2D eigenvalue weighted by atomic mass is 9.70. The van der Waals surface area contributed by atoms with E-state index in [1.165, 1.54) is 42.5 Å². The number of hydrogen-bond acceptors (Lipinski definition) is 1. The molecule has 1 aromatic rings. The van der Waals surface area contributed by atoms with Gasteiger partial charge in [-0.1, -0.05) is 39.3 Å². The van der Waals surface area contributed by atoms with Crippen LogP contribution in [-0.2, 0) is 0 Å². The van der Waals surface area contributed by atoms with Crippen molar-refractivity contribution in [2.24, 2.45) is 11.8 Å². The van der Waals surface area contributed by atoms with E-state index >= 15 is 0 Å². The summed E-state index contributed by atoms with van der Waals surface area (Å²) < 4.78 is 0. The Morgan fingerprint density at radius 1 is 1.05 bits per heavy atom. The summed E-state index contributed by atoms with van der Waals surface area (Å²) in [6, 6.07) is 5.44. The minimum Gasteiger partial charge on any atom is -0.314 e. The zero-order chi connectivity index (χ0) is 15.6. The molecule has 0 heterocycles. The molecule has 1 fully saturated rings. The molecule has 0 amide bonds. The number of rotatable bonds is 4. The van der Waals surface area contributed by atoms with Crippen LogP contribution in [0, 0.1) is 32.6 Å². The molecular weight excluding hydrogens is 254 g/mol. The van der Waals surface area contributed by atoms with Crippen LogP contribution in [0.1, 0.15) is 68.2 Å². The van der Waals surface area contributed by atoms with Crippen LogP contribution in [0.4, 0.5) is 0 Å². The smallest absolute Gasteiger partial charge is 0.00104 e. The molecule has 1 heteroatoms. The van der Waals surface area contributed by atoms with Crippen LogP contribution in [0.2, 0.25) is 0 Å². The normalized spacial score (nSPS) is 26.3. The largest absolute Gasteiger partial charge is 0.314 e. The van der Waals surface area contributed by atoms with Crippen molar-refractivity contribution in [1.82, 2.24) is 5.32 Å². The van der Waals surface area contributed by atoms with Crippen molar-refractivity contribution in [3.63, 3.8) is 0 Å². The molecule has 0 aromatic heterocycles. The van der Waals surface area contributed by atoms with Gasteiger partial charge in [-0.25, -0.2) is 0 Å². The van der Waals surface area contributed by atoms with Gasteiger partial charge in [-0.2, -0.15) is 0 Å². The molecule has 0 saturated heterocycles. The van der Waals surface area contributed by atoms with Crippen molar-refractivity contribution in [3.8, 4) is 0 Å². The molecule has 1 N–H and O–H groups in total. The van der Waals surface area contributed by atoms with Crippen LogP contribution < -0.4 is 5.32 Å². The SMILES string of the molecule is Cc1cc(C)c(C2CC(C)CCC2CNC(C)C)cc1C. The van der Waals surface area contributed by atoms with Gasteiger partial charge in [0.05, 0.1) is 0 Å². The minimum atomic E-state index is 0.589. The van der Waals surface area contributed by atoms with Crippen molar-refractivity contribution in [1.29, 1.82) is 0 Å². The fraction of sp³-hybridized carbons (Fsp3) is 0.700. The quantitative estimate of drug-likeness (QED) is 0.809. The first-order chi connectivity index (χ1) is 9.88. The third kappa shape index (κ3) is 4.10.